The number of primary amides is 1. The van der Waals surface area contributed by atoms with Gasteiger partial charge in [-0.3, -0.25) is 9.48 Å². The number of nitrogens with two attached hydrogens (primary N) is 1. The molecule has 1 aromatic rings. The SMILES string of the molecule is Cn1cc(S(=O)(=O)N2CCC[C@H](C(N)=O)C2)cn1. The molecule has 0 aliphatic carbocycles. The molecule has 0 saturated carbocycles. The minimum absolute atomic E-state index is 0.148. The van der Waals surface area contributed by atoms with Crippen molar-refractivity contribution in [1.82, 2.24) is 14.1 Å². The Kier molecular flexibility index (Phi) is 3.40. The third-order valence-electron chi connectivity index (χ3n) is 3.11. The van der Waals surface area contributed by atoms with Crippen molar-refractivity contribution >= 4 is 15.9 Å². The molecule has 100 valence electrons. The Morgan fingerprint density at radius 2 is 2.28 bits per heavy atom. The first-order valence-electron chi connectivity index (χ1n) is 5.69. The predicted molar refractivity (Wildman–Crippen MR) is 63.9 cm³/mol. The highest BCUT2D eigenvalue weighted by Crippen LogP contribution is 2.23. The molecule has 1 aromatic heterocycles. The second-order valence-electron chi connectivity index (χ2n) is 4.45. The third kappa shape index (κ3) is 2.39. The van der Waals surface area contributed by atoms with Gasteiger partial charge in [0.05, 0.1) is 12.1 Å². The van der Waals surface area contributed by atoms with Gasteiger partial charge in [-0.15, -0.1) is 0 Å². The van der Waals surface area contributed by atoms with Crippen molar-refractivity contribution in [1.29, 1.82) is 0 Å². The Morgan fingerprint density at radius 3 is 2.83 bits per heavy atom. The van der Waals surface area contributed by atoms with Crippen molar-refractivity contribution in [3.8, 4) is 0 Å². The van der Waals surface area contributed by atoms with E-state index in [1.165, 1.54) is 21.4 Å². The van der Waals surface area contributed by atoms with Crippen LogP contribution in [0.5, 0.6) is 0 Å². The van der Waals surface area contributed by atoms with E-state index in [1.54, 1.807) is 7.05 Å². The molecule has 7 nitrogen and oxygen atoms in total. The van der Waals surface area contributed by atoms with Gasteiger partial charge in [0.2, 0.25) is 15.9 Å². The summed E-state index contributed by atoms with van der Waals surface area (Å²) >= 11 is 0. The average molecular weight is 272 g/mol. The molecule has 0 unspecified atom stereocenters. The molecule has 0 aromatic carbocycles. The maximum absolute atomic E-state index is 12.3. The summed E-state index contributed by atoms with van der Waals surface area (Å²) in [6, 6.07) is 0. The van der Waals surface area contributed by atoms with Gasteiger partial charge in [-0.25, -0.2) is 8.42 Å². The Bertz CT molecular complexity index is 551. The number of carbonyl (C=O) groups is 1. The van der Waals surface area contributed by atoms with Gasteiger partial charge >= 0.3 is 0 Å². The van der Waals surface area contributed by atoms with Crippen molar-refractivity contribution in [2.45, 2.75) is 17.7 Å². The molecule has 1 saturated heterocycles. The molecule has 0 bridgehead atoms. The van der Waals surface area contributed by atoms with Crippen LogP contribution in [0.2, 0.25) is 0 Å². The Balaban J connectivity index is 2.22. The van der Waals surface area contributed by atoms with Crippen molar-refractivity contribution < 1.29 is 13.2 Å². The minimum atomic E-state index is -3.57. The number of rotatable bonds is 3. The van der Waals surface area contributed by atoms with Crippen molar-refractivity contribution in [3.05, 3.63) is 12.4 Å². The fourth-order valence-electron chi connectivity index (χ4n) is 2.07. The molecule has 1 amide bonds. The fraction of sp³-hybridized carbons (Fsp3) is 0.600. The van der Waals surface area contributed by atoms with Crippen LogP contribution in [-0.4, -0.2) is 41.5 Å². The first-order chi connectivity index (χ1) is 8.41. The lowest BCUT2D eigenvalue weighted by Gasteiger charge is -2.29. The van der Waals surface area contributed by atoms with Crippen LogP contribution in [0.25, 0.3) is 0 Å². The Morgan fingerprint density at radius 1 is 1.56 bits per heavy atom. The lowest BCUT2D eigenvalue weighted by Crippen LogP contribution is -2.43. The topological polar surface area (TPSA) is 98.3 Å². The predicted octanol–water partition coefficient (Wildman–Crippen LogP) is -0.694. The third-order valence-corrected chi connectivity index (χ3v) is 4.92. The van der Waals surface area contributed by atoms with Crippen LogP contribution in [0.1, 0.15) is 12.8 Å². The highest BCUT2D eigenvalue weighted by atomic mass is 32.2. The van der Waals surface area contributed by atoms with Crippen LogP contribution in [-0.2, 0) is 21.9 Å². The molecule has 1 atom stereocenters. The van der Waals surface area contributed by atoms with Crippen LogP contribution in [0.3, 0.4) is 0 Å². The van der Waals surface area contributed by atoms with Crippen molar-refractivity contribution in [2.24, 2.45) is 18.7 Å². The largest absolute Gasteiger partial charge is 0.369 e. The van der Waals surface area contributed by atoms with E-state index in [0.717, 1.165) is 0 Å². The quantitative estimate of drug-likeness (QED) is 0.787. The van der Waals surface area contributed by atoms with Gasteiger partial charge in [0.15, 0.2) is 0 Å². The molecule has 1 fully saturated rings. The van der Waals surface area contributed by atoms with E-state index in [0.29, 0.717) is 19.4 Å². The summed E-state index contributed by atoms with van der Waals surface area (Å²) < 4.78 is 27.3. The first kappa shape index (κ1) is 13.0. The van der Waals surface area contributed by atoms with Gasteiger partial charge in [-0.05, 0) is 12.8 Å². The number of piperidine rings is 1. The molecule has 1 aliphatic rings. The maximum Gasteiger partial charge on any atom is 0.246 e. The van der Waals surface area contributed by atoms with Crippen LogP contribution in [0, 0.1) is 5.92 Å². The molecule has 0 spiro atoms. The van der Waals surface area contributed by atoms with E-state index in [9.17, 15) is 13.2 Å². The summed E-state index contributed by atoms with van der Waals surface area (Å²) in [4.78, 5) is 11.3. The van der Waals surface area contributed by atoms with Crippen LogP contribution >= 0.6 is 0 Å². The number of carbonyl (C=O) groups excluding carboxylic acids is 1. The van der Waals surface area contributed by atoms with E-state index in [4.69, 9.17) is 5.73 Å². The summed E-state index contributed by atoms with van der Waals surface area (Å²) in [5, 5.41) is 3.85. The number of sulfonamides is 1. The summed E-state index contributed by atoms with van der Waals surface area (Å²) in [6.45, 7) is 0.577. The van der Waals surface area contributed by atoms with Gasteiger partial charge in [0, 0.05) is 26.3 Å². The summed E-state index contributed by atoms with van der Waals surface area (Å²) in [6.07, 6.45) is 4.05. The van der Waals surface area contributed by atoms with Crippen LogP contribution in [0.4, 0.5) is 0 Å². The first-order valence-corrected chi connectivity index (χ1v) is 7.13. The van der Waals surface area contributed by atoms with Crippen LogP contribution in [0.15, 0.2) is 17.3 Å². The zero-order valence-electron chi connectivity index (χ0n) is 10.1. The number of nitrogens with zero attached hydrogens (tertiary/aromatic N) is 3. The fourth-order valence-corrected chi connectivity index (χ4v) is 3.58. The monoisotopic (exact) mass is 272 g/mol. The lowest BCUT2D eigenvalue weighted by atomic mass is 9.99. The lowest BCUT2D eigenvalue weighted by molar-refractivity contribution is -0.122. The van der Waals surface area contributed by atoms with Crippen LogP contribution < -0.4 is 5.73 Å². The molecule has 2 heterocycles. The van der Waals surface area contributed by atoms with E-state index in [1.807, 2.05) is 0 Å². The zero-order valence-corrected chi connectivity index (χ0v) is 10.9. The van der Waals surface area contributed by atoms with Crippen molar-refractivity contribution in [3.63, 3.8) is 0 Å². The Labute approximate surface area is 106 Å². The maximum atomic E-state index is 12.3. The smallest absolute Gasteiger partial charge is 0.246 e. The number of hydrogen-bond donors (Lipinski definition) is 1. The van der Waals surface area contributed by atoms with E-state index < -0.39 is 21.8 Å². The number of amides is 1. The van der Waals surface area contributed by atoms with E-state index in [-0.39, 0.29) is 11.4 Å². The molecule has 8 heteroatoms. The minimum Gasteiger partial charge on any atom is -0.369 e. The van der Waals surface area contributed by atoms with Gasteiger partial charge in [-0.2, -0.15) is 9.40 Å². The molecule has 2 N–H and O–H groups in total. The highest BCUT2D eigenvalue weighted by Gasteiger charge is 2.32. The number of aromatic nitrogens is 2. The average Bonchev–Trinajstić information content (AvgIpc) is 2.77. The van der Waals surface area contributed by atoms with E-state index in [2.05, 4.69) is 5.10 Å². The number of aryl methyl sites for hydroxylation is 1. The Hall–Kier alpha value is -1.41. The summed E-state index contributed by atoms with van der Waals surface area (Å²) in [5.41, 5.74) is 5.24. The second kappa shape index (κ2) is 4.69. The standard InChI is InChI=1S/C10H16N4O3S/c1-13-7-9(5-12-13)18(16,17)14-4-2-3-8(6-14)10(11)15/h5,7-8H,2-4,6H2,1H3,(H2,11,15)/t8-/m0/s1. The van der Waals surface area contributed by atoms with Gasteiger partial charge in [0.1, 0.15) is 4.90 Å². The van der Waals surface area contributed by atoms with Crippen molar-refractivity contribution in [2.75, 3.05) is 13.1 Å². The van der Waals surface area contributed by atoms with Gasteiger partial charge < -0.3 is 5.73 Å². The molecule has 2 rings (SSSR count). The molecule has 18 heavy (non-hydrogen) atoms. The summed E-state index contributed by atoms with van der Waals surface area (Å²) in [5.74, 6) is -0.841. The highest BCUT2D eigenvalue weighted by molar-refractivity contribution is 7.89. The molecule has 0 radical (unpaired) electrons. The van der Waals surface area contributed by atoms with E-state index >= 15 is 0 Å². The second-order valence-corrected chi connectivity index (χ2v) is 6.39. The zero-order chi connectivity index (χ0) is 13.3. The summed E-state index contributed by atoms with van der Waals surface area (Å²) in [7, 11) is -1.91. The van der Waals surface area contributed by atoms with Gasteiger partial charge in [0.25, 0.3) is 0 Å². The molecule has 1 aliphatic heterocycles. The number of hydrogen-bond acceptors (Lipinski definition) is 4. The molecular weight excluding hydrogens is 256 g/mol. The molecular formula is C10H16N4O3S. The van der Waals surface area contributed by atoms with Gasteiger partial charge in [-0.1, -0.05) is 0 Å². The normalized spacial score (nSPS) is 21.9.